The second-order valence-corrected chi connectivity index (χ2v) is 7.51. The first-order valence-corrected chi connectivity index (χ1v) is 10.6. The highest BCUT2D eigenvalue weighted by atomic mass is 15.2. The molecule has 1 aliphatic rings. The molecule has 1 rings (SSSR count). The Morgan fingerprint density at radius 1 is 0.591 bits per heavy atom. The van der Waals surface area contributed by atoms with Crippen LogP contribution in [0.2, 0.25) is 0 Å². The maximum atomic E-state index is 2.82. The Morgan fingerprint density at radius 2 is 1.00 bits per heavy atom. The lowest BCUT2D eigenvalue weighted by molar-refractivity contribution is 0.209. The molecule has 1 aliphatic heterocycles. The van der Waals surface area contributed by atoms with Crippen LogP contribution < -0.4 is 0 Å². The maximum absolute atomic E-state index is 2.82. The monoisotopic (exact) mass is 309 g/mol. The van der Waals surface area contributed by atoms with Gasteiger partial charge in [0, 0.05) is 6.04 Å². The summed E-state index contributed by atoms with van der Waals surface area (Å²) < 4.78 is 0. The summed E-state index contributed by atoms with van der Waals surface area (Å²) in [5, 5.41) is 0. The van der Waals surface area contributed by atoms with Gasteiger partial charge in [-0.15, -0.1) is 0 Å². The fourth-order valence-electron chi connectivity index (χ4n) is 3.94. The van der Waals surface area contributed by atoms with Crippen molar-refractivity contribution in [2.45, 2.75) is 123 Å². The molecule has 0 unspecified atom stereocenters. The number of hydrogen-bond donors (Lipinski definition) is 0. The number of hydrogen-bond acceptors (Lipinski definition) is 1. The highest BCUT2D eigenvalue weighted by molar-refractivity contribution is 4.76. The molecule has 0 radical (unpaired) electrons. The molecule has 0 aliphatic carbocycles. The average Bonchev–Trinajstić information content (AvgIpc) is 3.06. The molecule has 1 nitrogen and oxygen atoms in total. The zero-order chi connectivity index (χ0) is 15.9. The Labute approximate surface area is 141 Å². The maximum Gasteiger partial charge on any atom is 0.00952 e. The third-order valence-corrected chi connectivity index (χ3v) is 5.44. The molecule has 0 aromatic carbocycles. The van der Waals surface area contributed by atoms with Crippen molar-refractivity contribution >= 4 is 0 Å². The molecule has 0 aromatic rings. The van der Waals surface area contributed by atoms with E-state index in [0.29, 0.717) is 0 Å². The minimum absolute atomic E-state index is 0.917. The largest absolute Gasteiger partial charge is 0.300 e. The zero-order valence-electron chi connectivity index (χ0n) is 15.8. The average molecular weight is 310 g/mol. The Hall–Kier alpha value is -0.0400. The third kappa shape index (κ3) is 9.87. The van der Waals surface area contributed by atoms with Crippen molar-refractivity contribution in [1.82, 2.24) is 4.90 Å². The van der Waals surface area contributed by atoms with E-state index in [2.05, 4.69) is 18.7 Å². The first-order valence-electron chi connectivity index (χ1n) is 10.6. The van der Waals surface area contributed by atoms with Crippen LogP contribution in [0.4, 0.5) is 0 Å². The van der Waals surface area contributed by atoms with E-state index in [1.807, 2.05) is 0 Å². The summed E-state index contributed by atoms with van der Waals surface area (Å²) in [6, 6.07) is 0.917. The number of rotatable bonds is 15. The molecular formula is C21H43N. The van der Waals surface area contributed by atoms with E-state index in [1.54, 1.807) is 0 Å². The molecule has 22 heavy (non-hydrogen) atoms. The molecular weight excluding hydrogens is 266 g/mol. The van der Waals surface area contributed by atoms with Gasteiger partial charge in [-0.25, -0.2) is 0 Å². The summed E-state index contributed by atoms with van der Waals surface area (Å²) >= 11 is 0. The quantitative estimate of drug-likeness (QED) is 0.296. The summed E-state index contributed by atoms with van der Waals surface area (Å²) in [6.45, 7) is 7.39. The van der Waals surface area contributed by atoms with Gasteiger partial charge in [-0.3, -0.25) is 0 Å². The molecule has 1 saturated heterocycles. The van der Waals surface area contributed by atoms with Gasteiger partial charge in [0.2, 0.25) is 0 Å². The van der Waals surface area contributed by atoms with Gasteiger partial charge in [-0.2, -0.15) is 0 Å². The molecule has 1 heterocycles. The first kappa shape index (κ1) is 20.0. The van der Waals surface area contributed by atoms with E-state index < -0.39 is 0 Å². The van der Waals surface area contributed by atoms with Gasteiger partial charge in [-0.05, 0) is 38.8 Å². The van der Waals surface area contributed by atoms with Gasteiger partial charge in [0.15, 0.2) is 0 Å². The van der Waals surface area contributed by atoms with E-state index in [9.17, 15) is 0 Å². The predicted molar refractivity (Wildman–Crippen MR) is 101 cm³/mol. The summed E-state index contributed by atoms with van der Waals surface area (Å²) in [6.07, 6.45) is 23.2. The second-order valence-electron chi connectivity index (χ2n) is 7.51. The van der Waals surface area contributed by atoms with Gasteiger partial charge in [0.05, 0.1) is 0 Å². The van der Waals surface area contributed by atoms with Crippen LogP contribution in [0.3, 0.4) is 0 Å². The Kier molecular flexibility index (Phi) is 13.2. The van der Waals surface area contributed by atoms with Crippen LogP contribution in [-0.2, 0) is 0 Å². The molecule has 132 valence electrons. The zero-order valence-corrected chi connectivity index (χ0v) is 15.8. The fourth-order valence-corrected chi connectivity index (χ4v) is 3.94. The number of likely N-dealkylation sites (tertiary alicyclic amines) is 1. The van der Waals surface area contributed by atoms with Crippen LogP contribution in [-0.4, -0.2) is 24.0 Å². The summed E-state index contributed by atoms with van der Waals surface area (Å²) in [5.41, 5.74) is 0. The van der Waals surface area contributed by atoms with Crippen molar-refractivity contribution in [1.29, 1.82) is 0 Å². The molecule has 0 aromatic heterocycles. The minimum atomic E-state index is 0.917. The standard InChI is InChI=1S/C21H43N/c1-3-5-7-9-11-13-17-21(22-19-15-16-20-22)18-14-12-10-8-6-4-2/h21H,3-20H2,1-2H3. The van der Waals surface area contributed by atoms with Crippen LogP contribution >= 0.6 is 0 Å². The van der Waals surface area contributed by atoms with E-state index >= 15 is 0 Å². The van der Waals surface area contributed by atoms with Crippen LogP contribution in [0.15, 0.2) is 0 Å². The molecule has 0 spiro atoms. The highest BCUT2D eigenvalue weighted by Gasteiger charge is 2.20. The summed E-state index contributed by atoms with van der Waals surface area (Å²) in [4.78, 5) is 2.82. The number of nitrogens with zero attached hydrogens (tertiary/aromatic N) is 1. The Morgan fingerprint density at radius 3 is 1.45 bits per heavy atom. The second kappa shape index (κ2) is 14.5. The topological polar surface area (TPSA) is 3.24 Å². The lowest BCUT2D eigenvalue weighted by atomic mass is 9.99. The minimum Gasteiger partial charge on any atom is -0.300 e. The van der Waals surface area contributed by atoms with Crippen molar-refractivity contribution < 1.29 is 0 Å². The molecule has 0 bridgehead atoms. The summed E-state index contributed by atoms with van der Waals surface area (Å²) in [7, 11) is 0. The molecule has 1 heteroatoms. The van der Waals surface area contributed by atoms with Crippen LogP contribution in [0.5, 0.6) is 0 Å². The van der Waals surface area contributed by atoms with Crippen molar-refractivity contribution in [2.75, 3.05) is 13.1 Å². The Balaban J connectivity index is 2.10. The lowest BCUT2D eigenvalue weighted by Gasteiger charge is -2.27. The van der Waals surface area contributed by atoms with Gasteiger partial charge >= 0.3 is 0 Å². The predicted octanol–water partition coefficient (Wildman–Crippen LogP) is 6.95. The van der Waals surface area contributed by atoms with E-state index in [1.165, 1.54) is 116 Å². The van der Waals surface area contributed by atoms with Crippen molar-refractivity contribution in [2.24, 2.45) is 0 Å². The van der Waals surface area contributed by atoms with Crippen molar-refractivity contribution in [3.8, 4) is 0 Å². The van der Waals surface area contributed by atoms with Gasteiger partial charge in [-0.1, -0.05) is 90.9 Å². The van der Waals surface area contributed by atoms with Crippen molar-refractivity contribution in [3.05, 3.63) is 0 Å². The van der Waals surface area contributed by atoms with Crippen LogP contribution in [0, 0.1) is 0 Å². The third-order valence-electron chi connectivity index (χ3n) is 5.44. The van der Waals surface area contributed by atoms with E-state index in [-0.39, 0.29) is 0 Å². The highest BCUT2D eigenvalue weighted by Crippen LogP contribution is 2.22. The summed E-state index contributed by atoms with van der Waals surface area (Å²) in [5.74, 6) is 0. The molecule has 0 N–H and O–H groups in total. The first-order chi connectivity index (χ1) is 10.9. The van der Waals surface area contributed by atoms with Gasteiger partial charge < -0.3 is 4.90 Å². The lowest BCUT2D eigenvalue weighted by Crippen LogP contribution is -2.32. The smallest absolute Gasteiger partial charge is 0.00952 e. The van der Waals surface area contributed by atoms with Crippen LogP contribution in [0.25, 0.3) is 0 Å². The fraction of sp³-hybridized carbons (Fsp3) is 1.00. The molecule has 0 saturated carbocycles. The van der Waals surface area contributed by atoms with Gasteiger partial charge in [0.25, 0.3) is 0 Å². The van der Waals surface area contributed by atoms with E-state index in [0.717, 1.165) is 6.04 Å². The number of unbranched alkanes of at least 4 members (excludes halogenated alkanes) is 10. The van der Waals surface area contributed by atoms with E-state index in [4.69, 9.17) is 0 Å². The SMILES string of the molecule is CCCCCCCCC(CCCCCCCC)N1CCCC1. The Bertz CT molecular complexity index is 204. The molecule has 1 fully saturated rings. The molecule has 0 atom stereocenters. The van der Waals surface area contributed by atoms with Crippen LogP contribution in [0.1, 0.15) is 117 Å². The van der Waals surface area contributed by atoms with Crippen molar-refractivity contribution in [3.63, 3.8) is 0 Å². The normalized spacial score (nSPS) is 16.0. The molecule has 0 amide bonds. The van der Waals surface area contributed by atoms with Gasteiger partial charge in [0.1, 0.15) is 0 Å².